The van der Waals surface area contributed by atoms with Gasteiger partial charge in [0.05, 0.1) is 12.6 Å². The molecule has 0 aliphatic heterocycles. The highest BCUT2D eigenvalue weighted by Crippen LogP contribution is 2.61. The topological polar surface area (TPSA) is 87.7 Å². The Morgan fingerprint density at radius 1 is 1.03 bits per heavy atom. The van der Waals surface area contributed by atoms with E-state index in [1.54, 1.807) is 20.2 Å². The smallest absolute Gasteiger partial charge is 0.259 e. The average molecular weight is 470 g/mol. The summed E-state index contributed by atoms with van der Waals surface area (Å²) in [6.07, 6.45) is 8.84. The quantitative estimate of drug-likeness (QED) is 0.550. The van der Waals surface area contributed by atoms with Crippen molar-refractivity contribution in [2.24, 2.45) is 23.2 Å². The zero-order valence-electron chi connectivity index (χ0n) is 20.8. The molecule has 3 amide bonds. The summed E-state index contributed by atoms with van der Waals surface area (Å²) in [5, 5.41) is 5.89. The highest BCUT2D eigenvalue weighted by Gasteiger charge is 2.51. The van der Waals surface area contributed by atoms with Crippen molar-refractivity contribution >= 4 is 17.7 Å². The number of hydrogen-bond acceptors (Lipinski definition) is 4. The van der Waals surface area contributed by atoms with E-state index < -0.39 is 0 Å². The third kappa shape index (κ3) is 5.73. The normalized spacial score (nSPS) is 27.7. The molecule has 1 atom stereocenters. The lowest BCUT2D eigenvalue weighted by atomic mass is 9.49. The second-order valence-corrected chi connectivity index (χ2v) is 11.0. The minimum atomic E-state index is -0.266. The van der Waals surface area contributed by atoms with Gasteiger partial charge in [0.15, 0.2) is 6.61 Å². The number of para-hydroxylation sites is 1. The molecule has 4 aliphatic carbocycles. The number of amides is 3. The van der Waals surface area contributed by atoms with Gasteiger partial charge < -0.3 is 20.3 Å². The fourth-order valence-corrected chi connectivity index (χ4v) is 6.90. The molecule has 0 spiro atoms. The van der Waals surface area contributed by atoms with Crippen molar-refractivity contribution in [3.63, 3.8) is 0 Å². The van der Waals surface area contributed by atoms with Gasteiger partial charge in [-0.05, 0) is 74.2 Å². The largest absolute Gasteiger partial charge is 0.483 e. The van der Waals surface area contributed by atoms with Crippen LogP contribution < -0.4 is 15.4 Å². The number of nitrogens with one attached hydrogen (secondary N) is 2. The molecule has 7 nitrogen and oxygen atoms in total. The van der Waals surface area contributed by atoms with Gasteiger partial charge in [-0.25, -0.2) is 0 Å². The Labute approximate surface area is 203 Å². The third-order valence-corrected chi connectivity index (χ3v) is 8.03. The van der Waals surface area contributed by atoms with Crippen LogP contribution in [-0.2, 0) is 14.4 Å². The molecular formula is C27H39N3O4. The van der Waals surface area contributed by atoms with Gasteiger partial charge in [-0.15, -0.1) is 0 Å². The van der Waals surface area contributed by atoms with Crippen LogP contribution in [0.4, 0.5) is 0 Å². The van der Waals surface area contributed by atoms with E-state index in [-0.39, 0.29) is 42.3 Å². The molecule has 2 N–H and O–H groups in total. The van der Waals surface area contributed by atoms with Crippen LogP contribution in [0.1, 0.15) is 69.9 Å². The first-order chi connectivity index (χ1) is 16.3. The Kier molecular flexibility index (Phi) is 7.48. The van der Waals surface area contributed by atoms with E-state index in [9.17, 15) is 14.4 Å². The summed E-state index contributed by atoms with van der Waals surface area (Å²) in [7, 11) is 3.37. The lowest BCUT2D eigenvalue weighted by Gasteiger charge is -2.56. The van der Waals surface area contributed by atoms with Crippen LogP contribution in [-0.4, -0.2) is 49.9 Å². The van der Waals surface area contributed by atoms with E-state index >= 15 is 0 Å². The lowest BCUT2D eigenvalue weighted by Crippen LogP contribution is -2.48. The fraction of sp³-hybridized carbons (Fsp3) is 0.667. The molecular weight excluding hydrogens is 430 g/mol. The van der Waals surface area contributed by atoms with Crippen molar-refractivity contribution in [2.75, 3.05) is 27.2 Å². The number of benzene rings is 1. The van der Waals surface area contributed by atoms with E-state index in [0.29, 0.717) is 18.6 Å². The summed E-state index contributed by atoms with van der Waals surface area (Å²) < 4.78 is 5.74. The maximum absolute atomic E-state index is 12.8. The molecule has 34 heavy (non-hydrogen) atoms. The van der Waals surface area contributed by atoms with Crippen LogP contribution in [0.15, 0.2) is 24.3 Å². The number of likely N-dealkylation sites (N-methyl/N-ethyl adjacent to an activating group) is 1. The summed E-state index contributed by atoms with van der Waals surface area (Å²) in [6.45, 7) is 1.90. The van der Waals surface area contributed by atoms with Crippen LogP contribution in [0.2, 0.25) is 0 Å². The van der Waals surface area contributed by atoms with Crippen LogP contribution in [0.3, 0.4) is 0 Å². The molecule has 4 bridgehead atoms. The number of carbonyl (C=O) groups excluding carboxylic acids is 3. The van der Waals surface area contributed by atoms with Gasteiger partial charge >= 0.3 is 0 Å². The van der Waals surface area contributed by atoms with E-state index in [1.807, 2.05) is 25.1 Å². The zero-order valence-corrected chi connectivity index (χ0v) is 20.8. The molecule has 7 heteroatoms. The van der Waals surface area contributed by atoms with Gasteiger partial charge in [-0.2, -0.15) is 0 Å². The predicted octanol–water partition coefficient (Wildman–Crippen LogP) is 3.44. The summed E-state index contributed by atoms with van der Waals surface area (Å²) in [5.74, 6) is 2.65. The van der Waals surface area contributed by atoms with Crippen LogP contribution in [0, 0.1) is 23.2 Å². The Hall–Kier alpha value is -2.57. The summed E-state index contributed by atoms with van der Waals surface area (Å²) >= 11 is 0. The third-order valence-electron chi connectivity index (χ3n) is 8.03. The SMILES string of the molecule is CCC(NC(=O)CNC(=O)CC12CC3CC(CC(C3)C1)C2)c1ccccc1OCC(=O)N(C)C. The predicted molar refractivity (Wildman–Crippen MR) is 130 cm³/mol. The summed E-state index contributed by atoms with van der Waals surface area (Å²) in [5.41, 5.74) is 0.992. The molecule has 4 fully saturated rings. The maximum Gasteiger partial charge on any atom is 0.259 e. The minimum absolute atomic E-state index is 0.00363. The van der Waals surface area contributed by atoms with E-state index in [0.717, 1.165) is 23.3 Å². The molecule has 1 unspecified atom stereocenters. The van der Waals surface area contributed by atoms with Gasteiger partial charge in [0.1, 0.15) is 5.75 Å². The summed E-state index contributed by atoms with van der Waals surface area (Å²) in [6, 6.07) is 7.17. The molecule has 0 aromatic heterocycles. The maximum atomic E-state index is 12.8. The number of carbonyl (C=O) groups is 3. The molecule has 1 aromatic carbocycles. The first-order valence-corrected chi connectivity index (χ1v) is 12.7. The monoisotopic (exact) mass is 469 g/mol. The number of rotatable bonds is 10. The number of ether oxygens (including phenoxy) is 1. The van der Waals surface area contributed by atoms with Crippen LogP contribution in [0.25, 0.3) is 0 Å². The first-order valence-electron chi connectivity index (χ1n) is 12.7. The Balaban J connectivity index is 1.28. The molecule has 4 aliphatic rings. The van der Waals surface area contributed by atoms with Gasteiger partial charge in [-0.1, -0.05) is 25.1 Å². The van der Waals surface area contributed by atoms with Gasteiger partial charge in [0.25, 0.3) is 5.91 Å². The Morgan fingerprint density at radius 3 is 2.24 bits per heavy atom. The standard InChI is InChI=1S/C27H39N3O4/c1-4-22(21-7-5-6-8-23(21)34-17-26(33)30(2)3)29-25(32)16-28-24(31)15-27-12-18-9-19(13-27)11-20(10-18)14-27/h5-8,18-20,22H,4,9-17H2,1-3H3,(H,28,31)(H,29,32). The van der Waals surface area contributed by atoms with Crippen molar-refractivity contribution in [2.45, 2.75) is 64.3 Å². The van der Waals surface area contributed by atoms with Gasteiger partial charge in [-0.3, -0.25) is 14.4 Å². The van der Waals surface area contributed by atoms with Crippen molar-refractivity contribution in [1.29, 1.82) is 0 Å². The van der Waals surface area contributed by atoms with Crippen LogP contribution in [0.5, 0.6) is 5.75 Å². The van der Waals surface area contributed by atoms with Gasteiger partial charge in [0.2, 0.25) is 11.8 Å². The molecule has 0 radical (unpaired) electrons. The molecule has 5 rings (SSSR count). The highest BCUT2D eigenvalue weighted by molar-refractivity contribution is 5.85. The minimum Gasteiger partial charge on any atom is -0.483 e. The summed E-state index contributed by atoms with van der Waals surface area (Å²) in [4.78, 5) is 38.9. The average Bonchev–Trinajstić information content (AvgIpc) is 2.78. The Morgan fingerprint density at radius 2 is 1.65 bits per heavy atom. The van der Waals surface area contributed by atoms with E-state index in [1.165, 1.54) is 43.4 Å². The molecule has 1 aromatic rings. The Bertz CT molecular complexity index is 878. The van der Waals surface area contributed by atoms with E-state index in [4.69, 9.17) is 4.74 Å². The molecule has 0 heterocycles. The lowest BCUT2D eigenvalue weighted by molar-refractivity contribution is -0.132. The number of hydrogen-bond donors (Lipinski definition) is 2. The zero-order chi connectivity index (χ0) is 24.3. The molecule has 186 valence electrons. The van der Waals surface area contributed by atoms with Crippen molar-refractivity contribution in [3.8, 4) is 5.75 Å². The second-order valence-electron chi connectivity index (χ2n) is 11.0. The van der Waals surface area contributed by atoms with Crippen molar-refractivity contribution in [3.05, 3.63) is 29.8 Å². The van der Waals surface area contributed by atoms with Crippen LogP contribution >= 0.6 is 0 Å². The van der Waals surface area contributed by atoms with Crippen molar-refractivity contribution in [1.82, 2.24) is 15.5 Å². The second kappa shape index (κ2) is 10.4. The van der Waals surface area contributed by atoms with Gasteiger partial charge in [0, 0.05) is 26.1 Å². The first kappa shape index (κ1) is 24.6. The fourth-order valence-electron chi connectivity index (χ4n) is 6.90. The van der Waals surface area contributed by atoms with E-state index in [2.05, 4.69) is 10.6 Å². The molecule has 0 saturated heterocycles. The highest BCUT2D eigenvalue weighted by atomic mass is 16.5. The number of nitrogens with zero attached hydrogens (tertiary/aromatic N) is 1. The van der Waals surface area contributed by atoms with Crippen molar-refractivity contribution < 1.29 is 19.1 Å². The molecule has 4 saturated carbocycles.